The van der Waals surface area contributed by atoms with Crippen LogP contribution in [0.5, 0.6) is 0 Å². The highest BCUT2D eigenvalue weighted by Crippen LogP contribution is 2.25. The summed E-state index contributed by atoms with van der Waals surface area (Å²) in [6.45, 7) is 2.38. The van der Waals surface area contributed by atoms with Crippen LogP contribution in [0.2, 0.25) is 0 Å². The maximum absolute atomic E-state index is 12.4. The van der Waals surface area contributed by atoms with Crippen molar-refractivity contribution < 1.29 is 18.8 Å². The molecular formula is C16H14N2O4. The lowest BCUT2D eigenvalue weighted by Crippen LogP contribution is -2.28. The summed E-state index contributed by atoms with van der Waals surface area (Å²) in [6.07, 6.45) is 1.49. The lowest BCUT2D eigenvalue weighted by molar-refractivity contribution is 0.0631. The summed E-state index contributed by atoms with van der Waals surface area (Å²) in [4.78, 5) is 37.7. The molecule has 0 saturated heterocycles. The molecule has 2 heterocycles. The van der Waals surface area contributed by atoms with E-state index in [1.54, 1.807) is 18.2 Å². The molecule has 1 N–H and O–H groups in total. The number of fused-ring (bicyclic) bond motifs is 1. The highest BCUT2D eigenvalue weighted by molar-refractivity contribution is 6.21. The molecule has 3 rings (SSSR count). The number of carbonyl (C=O) groups is 3. The Morgan fingerprint density at radius 3 is 2.64 bits per heavy atom. The second kappa shape index (κ2) is 5.48. The molecule has 1 aromatic carbocycles. The van der Waals surface area contributed by atoms with E-state index in [2.05, 4.69) is 5.32 Å². The van der Waals surface area contributed by atoms with Gasteiger partial charge in [0.25, 0.3) is 17.7 Å². The van der Waals surface area contributed by atoms with Crippen molar-refractivity contribution in [3.63, 3.8) is 0 Å². The van der Waals surface area contributed by atoms with Gasteiger partial charge in [-0.2, -0.15) is 0 Å². The smallest absolute Gasteiger partial charge is 0.261 e. The monoisotopic (exact) mass is 298 g/mol. The Kier molecular flexibility index (Phi) is 3.50. The Hall–Kier alpha value is -2.89. The zero-order valence-corrected chi connectivity index (χ0v) is 12.0. The van der Waals surface area contributed by atoms with Gasteiger partial charge in [-0.15, -0.1) is 0 Å². The molecule has 0 spiro atoms. The maximum atomic E-state index is 12.4. The average Bonchev–Trinajstić information content (AvgIpc) is 3.11. The maximum Gasteiger partial charge on any atom is 0.261 e. The van der Waals surface area contributed by atoms with Gasteiger partial charge < -0.3 is 9.73 Å². The SMILES string of the molecule is CCNC(=O)c1ccc2c(c1)C(=O)N(Cc1ccco1)C2=O. The molecular weight excluding hydrogens is 284 g/mol. The molecule has 0 radical (unpaired) electrons. The molecule has 2 aromatic rings. The highest BCUT2D eigenvalue weighted by Gasteiger charge is 2.36. The van der Waals surface area contributed by atoms with Crippen LogP contribution in [0.1, 0.15) is 43.8 Å². The number of nitrogens with one attached hydrogen (secondary N) is 1. The van der Waals surface area contributed by atoms with Gasteiger partial charge in [0, 0.05) is 12.1 Å². The first-order valence-electron chi connectivity index (χ1n) is 6.92. The van der Waals surface area contributed by atoms with Gasteiger partial charge in [0.15, 0.2) is 0 Å². The van der Waals surface area contributed by atoms with E-state index in [0.717, 1.165) is 4.90 Å². The predicted octanol–water partition coefficient (Wildman–Crippen LogP) is 1.83. The third-order valence-electron chi connectivity index (χ3n) is 3.46. The topological polar surface area (TPSA) is 79.6 Å². The van der Waals surface area contributed by atoms with Crippen molar-refractivity contribution in [2.45, 2.75) is 13.5 Å². The Labute approximate surface area is 126 Å². The Balaban J connectivity index is 1.90. The Morgan fingerprint density at radius 1 is 1.18 bits per heavy atom. The number of hydrogen-bond donors (Lipinski definition) is 1. The van der Waals surface area contributed by atoms with Crippen LogP contribution in [-0.2, 0) is 6.54 Å². The largest absolute Gasteiger partial charge is 0.467 e. The molecule has 0 saturated carbocycles. The van der Waals surface area contributed by atoms with Crippen molar-refractivity contribution in [3.8, 4) is 0 Å². The van der Waals surface area contributed by atoms with Gasteiger partial charge in [-0.05, 0) is 37.3 Å². The molecule has 112 valence electrons. The van der Waals surface area contributed by atoms with E-state index in [0.29, 0.717) is 23.4 Å². The molecule has 1 aromatic heterocycles. The minimum atomic E-state index is -0.414. The van der Waals surface area contributed by atoms with Crippen molar-refractivity contribution in [2.24, 2.45) is 0 Å². The van der Waals surface area contributed by atoms with Crippen LogP contribution < -0.4 is 5.32 Å². The van der Waals surface area contributed by atoms with E-state index in [1.165, 1.54) is 18.4 Å². The molecule has 3 amide bonds. The first kappa shape index (κ1) is 14.1. The van der Waals surface area contributed by atoms with Gasteiger partial charge in [-0.1, -0.05) is 0 Å². The Morgan fingerprint density at radius 2 is 1.95 bits per heavy atom. The van der Waals surface area contributed by atoms with E-state index >= 15 is 0 Å². The van der Waals surface area contributed by atoms with Crippen LogP contribution in [0.15, 0.2) is 41.0 Å². The van der Waals surface area contributed by atoms with Crippen LogP contribution in [0.3, 0.4) is 0 Å². The highest BCUT2D eigenvalue weighted by atomic mass is 16.3. The van der Waals surface area contributed by atoms with Gasteiger partial charge >= 0.3 is 0 Å². The molecule has 0 bridgehead atoms. The van der Waals surface area contributed by atoms with E-state index in [9.17, 15) is 14.4 Å². The fraction of sp³-hybridized carbons (Fsp3) is 0.188. The fourth-order valence-corrected chi connectivity index (χ4v) is 2.40. The van der Waals surface area contributed by atoms with Crippen molar-refractivity contribution in [1.82, 2.24) is 10.2 Å². The van der Waals surface area contributed by atoms with Crippen molar-refractivity contribution in [1.29, 1.82) is 0 Å². The zero-order valence-electron chi connectivity index (χ0n) is 12.0. The zero-order chi connectivity index (χ0) is 15.7. The first-order valence-corrected chi connectivity index (χ1v) is 6.92. The lowest BCUT2D eigenvalue weighted by Gasteiger charge is -2.11. The number of benzene rings is 1. The molecule has 0 unspecified atom stereocenters. The molecule has 1 aliphatic heterocycles. The number of nitrogens with zero attached hydrogens (tertiary/aromatic N) is 1. The van der Waals surface area contributed by atoms with Gasteiger partial charge in [0.2, 0.25) is 0 Å². The summed E-state index contributed by atoms with van der Waals surface area (Å²) in [5, 5.41) is 2.66. The fourth-order valence-electron chi connectivity index (χ4n) is 2.40. The minimum Gasteiger partial charge on any atom is -0.467 e. The summed E-state index contributed by atoms with van der Waals surface area (Å²) < 4.78 is 5.17. The normalized spacial score (nSPS) is 13.4. The molecule has 6 nitrogen and oxygen atoms in total. The summed E-state index contributed by atoms with van der Waals surface area (Å²) in [6, 6.07) is 7.92. The van der Waals surface area contributed by atoms with Gasteiger partial charge in [-0.25, -0.2) is 0 Å². The van der Waals surface area contributed by atoms with Gasteiger partial charge in [-0.3, -0.25) is 19.3 Å². The van der Waals surface area contributed by atoms with Crippen LogP contribution in [0, 0.1) is 0 Å². The third kappa shape index (κ3) is 2.28. The van der Waals surface area contributed by atoms with Gasteiger partial charge in [0.1, 0.15) is 5.76 Å². The van der Waals surface area contributed by atoms with E-state index in [4.69, 9.17) is 4.42 Å². The summed E-state index contributed by atoms with van der Waals surface area (Å²) >= 11 is 0. The van der Waals surface area contributed by atoms with Crippen LogP contribution in [-0.4, -0.2) is 29.2 Å². The van der Waals surface area contributed by atoms with Gasteiger partial charge in [0.05, 0.1) is 23.9 Å². The number of carbonyl (C=O) groups excluding carboxylic acids is 3. The molecule has 22 heavy (non-hydrogen) atoms. The summed E-state index contributed by atoms with van der Waals surface area (Å²) in [5.41, 5.74) is 0.923. The van der Waals surface area contributed by atoms with E-state index in [-0.39, 0.29) is 23.9 Å². The van der Waals surface area contributed by atoms with Crippen molar-refractivity contribution >= 4 is 17.7 Å². The number of imide groups is 1. The van der Waals surface area contributed by atoms with E-state index < -0.39 is 5.91 Å². The van der Waals surface area contributed by atoms with Crippen LogP contribution in [0.4, 0.5) is 0 Å². The molecule has 1 aliphatic rings. The standard InChI is InChI=1S/C16H14N2O4/c1-2-17-14(19)10-5-6-12-13(8-10)16(21)18(15(12)20)9-11-4-3-7-22-11/h3-8H,2,9H2,1H3,(H,17,19). The average molecular weight is 298 g/mol. The van der Waals surface area contributed by atoms with Crippen molar-refractivity contribution in [2.75, 3.05) is 6.54 Å². The molecule has 0 atom stereocenters. The minimum absolute atomic E-state index is 0.0792. The molecule has 0 fully saturated rings. The summed E-state index contributed by atoms with van der Waals surface area (Å²) in [7, 11) is 0. The number of hydrogen-bond acceptors (Lipinski definition) is 4. The third-order valence-corrected chi connectivity index (χ3v) is 3.46. The predicted molar refractivity (Wildman–Crippen MR) is 77.4 cm³/mol. The number of furan rings is 1. The second-order valence-corrected chi connectivity index (χ2v) is 4.90. The summed E-state index contributed by atoms with van der Waals surface area (Å²) in [5.74, 6) is -0.533. The van der Waals surface area contributed by atoms with Crippen LogP contribution in [0.25, 0.3) is 0 Å². The number of rotatable bonds is 4. The molecule has 6 heteroatoms. The quantitative estimate of drug-likeness (QED) is 0.873. The second-order valence-electron chi connectivity index (χ2n) is 4.90. The van der Waals surface area contributed by atoms with Crippen LogP contribution >= 0.6 is 0 Å². The lowest BCUT2D eigenvalue weighted by atomic mass is 10.1. The van der Waals surface area contributed by atoms with E-state index in [1.807, 2.05) is 6.92 Å². The Bertz CT molecular complexity index is 750. The van der Waals surface area contributed by atoms with Crippen molar-refractivity contribution in [3.05, 3.63) is 59.0 Å². The molecule has 0 aliphatic carbocycles. The number of amides is 3. The first-order chi connectivity index (χ1) is 10.6.